The van der Waals surface area contributed by atoms with Crippen LogP contribution in [0.2, 0.25) is 0 Å². The minimum absolute atomic E-state index is 0.168. The van der Waals surface area contributed by atoms with E-state index in [0.29, 0.717) is 13.1 Å². The molecule has 0 fully saturated rings. The Bertz CT molecular complexity index is 181. The first-order valence-electron chi connectivity index (χ1n) is 4.69. The van der Waals surface area contributed by atoms with Gasteiger partial charge in [0.1, 0.15) is 0 Å². The van der Waals surface area contributed by atoms with Gasteiger partial charge in [0.15, 0.2) is 0 Å². The first-order chi connectivity index (χ1) is 7.20. The molecule has 0 aliphatic carbocycles. The molecule has 0 aromatic heterocycles. The van der Waals surface area contributed by atoms with Crippen LogP contribution >= 0.6 is 11.8 Å². The van der Waals surface area contributed by atoms with Gasteiger partial charge in [-0.3, -0.25) is 0 Å². The number of hydrogen-bond acceptors (Lipinski definition) is 3. The Morgan fingerprint density at radius 3 is 1.67 bits per heavy atom. The van der Waals surface area contributed by atoms with Crippen LogP contribution in [0.1, 0.15) is 0 Å². The molecular weight excluding hydrogens is 216 g/mol. The lowest BCUT2D eigenvalue weighted by molar-refractivity contribution is 0.243. The molecule has 15 heavy (non-hydrogen) atoms. The van der Waals surface area contributed by atoms with Crippen molar-refractivity contribution in [3.63, 3.8) is 0 Å². The normalized spacial score (nSPS) is 9.20. The van der Waals surface area contributed by atoms with Crippen molar-refractivity contribution in [2.45, 2.75) is 0 Å². The van der Waals surface area contributed by atoms with E-state index in [1.165, 1.54) is 0 Å². The van der Waals surface area contributed by atoms with Crippen molar-refractivity contribution in [1.82, 2.24) is 21.3 Å². The average Bonchev–Trinajstić information content (AvgIpc) is 2.26. The zero-order valence-electron chi connectivity index (χ0n) is 9.05. The average molecular weight is 234 g/mol. The maximum atomic E-state index is 10.7. The highest BCUT2D eigenvalue weighted by atomic mass is 32.2. The van der Waals surface area contributed by atoms with Gasteiger partial charge in [0.25, 0.3) is 0 Å². The molecule has 7 heteroatoms. The second kappa shape index (κ2) is 9.45. The van der Waals surface area contributed by atoms with Gasteiger partial charge in [0, 0.05) is 38.7 Å². The van der Waals surface area contributed by atoms with E-state index in [2.05, 4.69) is 21.3 Å². The minimum Gasteiger partial charge on any atom is -0.341 e. The molecule has 0 aliphatic heterocycles. The van der Waals surface area contributed by atoms with Gasteiger partial charge in [0.05, 0.1) is 0 Å². The number of carbonyl (C=O) groups excluding carboxylic acids is 2. The van der Waals surface area contributed by atoms with Crippen LogP contribution in [0.15, 0.2) is 0 Å². The lowest BCUT2D eigenvalue weighted by Gasteiger charge is -2.05. The molecule has 0 aliphatic rings. The highest BCUT2D eigenvalue weighted by molar-refractivity contribution is 7.99. The largest absolute Gasteiger partial charge is 0.341 e. The summed E-state index contributed by atoms with van der Waals surface area (Å²) < 4.78 is 0. The van der Waals surface area contributed by atoms with Crippen molar-refractivity contribution in [3.8, 4) is 0 Å². The molecule has 4 N–H and O–H groups in total. The summed E-state index contributed by atoms with van der Waals surface area (Å²) in [5.41, 5.74) is 0. The summed E-state index contributed by atoms with van der Waals surface area (Å²) in [5, 5.41) is 10.3. The number of rotatable bonds is 6. The fraction of sp³-hybridized carbons (Fsp3) is 0.750. The third-order valence-electron chi connectivity index (χ3n) is 1.52. The van der Waals surface area contributed by atoms with Gasteiger partial charge < -0.3 is 21.3 Å². The number of amides is 4. The summed E-state index contributed by atoms with van der Waals surface area (Å²) in [6, 6.07) is -0.335. The first kappa shape index (κ1) is 13.9. The monoisotopic (exact) mass is 234 g/mol. The second-order valence-corrected chi connectivity index (χ2v) is 3.85. The molecule has 0 rings (SSSR count). The highest BCUT2D eigenvalue weighted by Crippen LogP contribution is 1.95. The summed E-state index contributed by atoms with van der Waals surface area (Å²) in [4.78, 5) is 21.5. The van der Waals surface area contributed by atoms with Crippen LogP contribution in [0.3, 0.4) is 0 Å². The van der Waals surface area contributed by atoms with E-state index in [1.54, 1.807) is 25.9 Å². The predicted molar refractivity (Wildman–Crippen MR) is 62.2 cm³/mol. The van der Waals surface area contributed by atoms with Crippen molar-refractivity contribution < 1.29 is 9.59 Å². The van der Waals surface area contributed by atoms with E-state index < -0.39 is 0 Å². The summed E-state index contributed by atoms with van der Waals surface area (Å²) >= 11 is 1.67. The molecule has 6 nitrogen and oxygen atoms in total. The molecule has 0 heterocycles. The molecule has 0 aromatic rings. The summed E-state index contributed by atoms with van der Waals surface area (Å²) in [6.07, 6.45) is 0. The van der Waals surface area contributed by atoms with Crippen LogP contribution in [0.4, 0.5) is 9.59 Å². The van der Waals surface area contributed by atoms with Gasteiger partial charge >= 0.3 is 12.1 Å². The van der Waals surface area contributed by atoms with Crippen LogP contribution in [0.25, 0.3) is 0 Å². The van der Waals surface area contributed by atoms with Crippen molar-refractivity contribution in [2.75, 3.05) is 38.7 Å². The maximum absolute atomic E-state index is 10.7. The van der Waals surface area contributed by atoms with Crippen molar-refractivity contribution in [3.05, 3.63) is 0 Å². The third-order valence-corrected chi connectivity index (χ3v) is 2.50. The van der Waals surface area contributed by atoms with Crippen LogP contribution < -0.4 is 21.3 Å². The maximum Gasteiger partial charge on any atom is 0.314 e. The fourth-order valence-corrected chi connectivity index (χ4v) is 1.45. The predicted octanol–water partition coefficient (Wildman–Crippen LogP) is -0.422. The molecule has 4 amide bonds. The number of thioether (sulfide) groups is 1. The summed E-state index contributed by atoms with van der Waals surface area (Å²) in [6.45, 7) is 1.26. The van der Waals surface area contributed by atoms with E-state index in [4.69, 9.17) is 0 Å². The number of hydrogen-bond donors (Lipinski definition) is 4. The number of urea groups is 2. The van der Waals surface area contributed by atoms with Gasteiger partial charge in [-0.05, 0) is 0 Å². The lowest BCUT2D eigenvalue weighted by atomic mass is 10.7. The lowest BCUT2D eigenvalue weighted by Crippen LogP contribution is -2.35. The Morgan fingerprint density at radius 1 is 0.933 bits per heavy atom. The molecule has 0 unspecified atom stereocenters. The standard InChI is InChI=1S/C8H18N4O2S/c1-9-7(13)11-3-5-15-6-4-12-8(14)10-2/h3-6H2,1-2H3,(H2,9,11,13)(H2,10,12,14). The smallest absolute Gasteiger partial charge is 0.314 e. The molecule has 0 saturated carbocycles. The molecule has 0 saturated heterocycles. The molecule has 0 spiro atoms. The van der Waals surface area contributed by atoms with Crippen LogP contribution in [-0.4, -0.2) is 50.8 Å². The molecule has 0 radical (unpaired) electrons. The van der Waals surface area contributed by atoms with Gasteiger partial charge in [-0.25, -0.2) is 9.59 Å². The Hall–Kier alpha value is -1.11. The van der Waals surface area contributed by atoms with Crippen molar-refractivity contribution >= 4 is 23.8 Å². The van der Waals surface area contributed by atoms with Gasteiger partial charge in [-0.1, -0.05) is 0 Å². The van der Waals surface area contributed by atoms with E-state index in [0.717, 1.165) is 11.5 Å². The topological polar surface area (TPSA) is 82.3 Å². The van der Waals surface area contributed by atoms with Crippen molar-refractivity contribution in [1.29, 1.82) is 0 Å². The molecule has 0 atom stereocenters. The van der Waals surface area contributed by atoms with Crippen molar-refractivity contribution in [2.24, 2.45) is 0 Å². The first-order valence-corrected chi connectivity index (χ1v) is 5.85. The van der Waals surface area contributed by atoms with Crippen LogP contribution in [0.5, 0.6) is 0 Å². The summed E-state index contributed by atoms with van der Waals surface area (Å²) in [7, 11) is 3.16. The summed E-state index contributed by atoms with van der Waals surface area (Å²) in [5.74, 6) is 1.67. The molecular formula is C8H18N4O2S. The van der Waals surface area contributed by atoms with E-state index in [-0.39, 0.29) is 12.1 Å². The van der Waals surface area contributed by atoms with E-state index >= 15 is 0 Å². The van der Waals surface area contributed by atoms with Crippen LogP contribution in [-0.2, 0) is 0 Å². The van der Waals surface area contributed by atoms with Crippen LogP contribution in [0, 0.1) is 0 Å². The minimum atomic E-state index is -0.168. The van der Waals surface area contributed by atoms with E-state index in [9.17, 15) is 9.59 Å². The Morgan fingerprint density at radius 2 is 1.33 bits per heavy atom. The van der Waals surface area contributed by atoms with Gasteiger partial charge in [-0.15, -0.1) is 0 Å². The SMILES string of the molecule is CNC(=O)NCCSCCNC(=O)NC. The number of nitrogens with one attached hydrogen (secondary N) is 4. The second-order valence-electron chi connectivity index (χ2n) is 2.62. The Labute approximate surface area is 93.9 Å². The number of carbonyl (C=O) groups is 2. The molecule has 0 bridgehead atoms. The van der Waals surface area contributed by atoms with Gasteiger partial charge in [0.2, 0.25) is 0 Å². The zero-order chi connectivity index (χ0) is 11.5. The quantitative estimate of drug-likeness (QED) is 0.471. The van der Waals surface area contributed by atoms with E-state index in [1.807, 2.05) is 0 Å². The van der Waals surface area contributed by atoms with Gasteiger partial charge in [-0.2, -0.15) is 11.8 Å². The Kier molecular flexibility index (Phi) is 8.75. The molecule has 0 aromatic carbocycles. The fourth-order valence-electron chi connectivity index (χ4n) is 0.752. The Balaban J connectivity index is 3.11. The molecule has 88 valence electrons. The third kappa shape index (κ3) is 9.20. The zero-order valence-corrected chi connectivity index (χ0v) is 9.87. The highest BCUT2D eigenvalue weighted by Gasteiger charge is 1.96.